The lowest BCUT2D eigenvalue weighted by atomic mass is 9.94. The third kappa shape index (κ3) is 5.33. The average Bonchev–Trinajstić information content (AvgIpc) is 2.66. The molecule has 3 rings (SSSR count). The summed E-state index contributed by atoms with van der Waals surface area (Å²) >= 11 is 5.95. The summed E-state index contributed by atoms with van der Waals surface area (Å²) in [5.41, 5.74) is 4.99. The Kier molecular flexibility index (Phi) is 6.56. The fraction of sp³-hybridized carbons (Fsp3) is 0.435. The maximum Gasteiger partial charge on any atom is 0.223 e. The van der Waals surface area contributed by atoms with E-state index in [1.54, 1.807) is 0 Å². The van der Waals surface area contributed by atoms with E-state index in [0.29, 0.717) is 0 Å². The minimum absolute atomic E-state index is 0.0453. The lowest BCUT2D eigenvalue weighted by Crippen LogP contribution is -2.40. The summed E-state index contributed by atoms with van der Waals surface area (Å²) in [5, 5.41) is 3.98. The van der Waals surface area contributed by atoms with Gasteiger partial charge in [-0.15, -0.1) is 0 Å². The van der Waals surface area contributed by atoms with Gasteiger partial charge in [0, 0.05) is 17.5 Å². The number of likely N-dealkylation sites (tertiary alicyclic amines) is 1. The molecule has 1 N–H and O–H groups in total. The quantitative estimate of drug-likeness (QED) is 0.782. The van der Waals surface area contributed by atoms with E-state index in [1.807, 2.05) is 12.1 Å². The average molecular weight is 385 g/mol. The highest BCUT2D eigenvalue weighted by atomic mass is 35.5. The second kappa shape index (κ2) is 8.90. The Morgan fingerprint density at radius 1 is 1.11 bits per heavy atom. The summed E-state index contributed by atoms with van der Waals surface area (Å²) in [5.74, 6) is 0.298. The molecule has 0 spiro atoms. The third-order valence-electron chi connectivity index (χ3n) is 5.67. The Balaban J connectivity index is 1.49. The maximum atomic E-state index is 12.7. The van der Waals surface area contributed by atoms with Crippen LogP contribution in [0.1, 0.15) is 48.1 Å². The van der Waals surface area contributed by atoms with Crippen LogP contribution in [0.4, 0.5) is 0 Å². The van der Waals surface area contributed by atoms with E-state index in [-0.39, 0.29) is 17.9 Å². The number of nitrogens with zero attached hydrogens (tertiary/aromatic N) is 1. The molecule has 2 aromatic carbocycles. The first-order chi connectivity index (χ1) is 12.9. The lowest BCUT2D eigenvalue weighted by molar-refractivity contribution is -0.127. The van der Waals surface area contributed by atoms with Crippen LogP contribution in [0.3, 0.4) is 0 Å². The Bertz CT molecular complexity index is 779. The molecule has 4 heteroatoms. The Morgan fingerprint density at radius 2 is 1.78 bits per heavy atom. The van der Waals surface area contributed by atoms with Crippen molar-refractivity contribution in [3.63, 3.8) is 0 Å². The number of benzene rings is 2. The predicted octanol–water partition coefficient (Wildman–Crippen LogP) is 5.05. The van der Waals surface area contributed by atoms with Gasteiger partial charge in [-0.05, 0) is 81.1 Å². The largest absolute Gasteiger partial charge is 0.349 e. The molecule has 1 fully saturated rings. The molecule has 1 amide bonds. The van der Waals surface area contributed by atoms with Gasteiger partial charge in [0.1, 0.15) is 0 Å². The highest BCUT2D eigenvalue weighted by Crippen LogP contribution is 2.22. The van der Waals surface area contributed by atoms with Crippen molar-refractivity contribution in [2.75, 3.05) is 13.1 Å². The molecular formula is C23H29ClN2O. The Labute approximate surface area is 167 Å². The van der Waals surface area contributed by atoms with Crippen LogP contribution in [0, 0.1) is 19.8 Å². The first-order valence-corrected chi connectivity index (χ1v) is 10.1. The third-order valence-corrected chi connectivity index (χ3v) is 5.92. The topological polar surface area (TPSA) is 32.3 Å². The number of hydrogen-bond acceptors (Lipinski definition) is 2. The van der Waals surface area contributed by atoms with Gasteiger partial charge in [-0.25, -0.2) is 0 Å². The van der Waals surface area contributed by atoms with Gasteiger partial charge in [0.05, 0.1) is 6.04 Å². The van der Waals surface area contributed by atoms with Crippen molar-refractivity contribution in [1.82, 2.24) is 10.2 Å². The van der Waals surface area contributed by atoms with Crippen LogP contribution in [0.25, 0.3) is 0 Å². The maximum absolute atomic E-state index is 12.7. The number of carbonyl (C=O) groups excluding carboxylic acids is 1. The number of hydrogen-bond donors (Lipinski definition) is 1. The van der Waals surface area contributed by atoms with E-state index in [4.69, 9.17) is 11.6 Å². The molecule has 1 aliphatic rings. The normalized spacial score (nSPS) is 16.9. The second-order valence-electron chi connectivity index (χ2n) is 7.75. The van der Waals surface area contributed by atoms with Crippen molar-refractivity contribution in [2.24, 2.45) is 5.92 Å². The number of nitrogens with one attached hydrogen (secondary N) is 1. The summed E-state index contributed by atoms with van der Waals surface area (Å²) < 4.78 is 0. The van der Waals surface area contributed by atoms with Crippen molar-refractivity contribution >= 4 is 17.5 Å². The zero-order chi connectivity index (χ0) is 19.4. The van der Waals surface area contributed by atoms with E-state index in [1.165, 1.54) is 22.3 Å². The molecule has 1 unspecified atom stereocenters. The Morgan fingerprint density at radius 3 is 2.41 bits per heavy atom. The van der Waals surface area contributed by atoms with Crippen LogP contribution in [0.2, 0.25) is 5.02 Å². The summed E-state index contributed by atoms with van der Waals surface area (Å²) in [7, 11) is 0. The lowest BCUT2D eigenvalue weighted by Gasteiger charge is -2.32. The number of halogens is 1. The smallest absolute Gasteiger partial charge is 0.223 e. The zero-order valence-corrected chi connectivity index (χ0v) is 17.2. The minimum Gasteiger partial charge on any atom is -0.349 e. The highest BCUT2D eigenvalue weighted by molar-refractivity contribution is 6.30. The van der Waals surface area contributed by atoms with Gasteiger partial charge in [-0.2, -0.15) is 0 Å². The van der Waals surface area contributed by atoms with E-state index >= 15 is 0 Å². The van der Waals surface area contributed by atoms with Gasteiger partial charge < -0.3 is 5.32 Å². The standard InChI is InChI=1S/C23H29ClN2O/c1-16-4-7-21(14-17(16)2)18(3)25-23(27)20-10-12-26(13-11-20)15-19-5-8-22(24)9-6-19/h4-9,14,18,20H,10-13,15H2,1-3H3,(H,25,27). The number of piperidine rings is 1. The summed E-state index contributed by atoms with van der Waals surface area (Å²) in [6.45, 7) is 9.13. The number of amides is 1. The molecule has 0 radical (unpaired) electrons. The van der Waals surface area contributed by atoms with Crippen molar-refractivity contribution in [1.29, 1.82) is 0 Å². The monoisotopic (exact) mass is 384 g/mol. The van der Waals surface area contributed by atoms with Gasteiger partial charge in [-0.3, -0.25) is 9.69 Å². The van der Waals surface area contributed by atoms with Crippen LogP contribution in [-0.4, -0.2) is 23.9 Å². The van der Waals surface area contributed by atoms with Crippen molar-refractivity contribution < 1.29 is 4.79 Å². The van der Waals surface area contributed by atoms with Gasteiger partial charge >= 0.3 is 0 Å². The van der Waals surface area contributed by atoms with Gasteiger partial charge in [0.25, 0.3) is 0 Å². The van der Waals surface area contributed by atoms with Crippen LogP contribution in [-0.2, 0) is 11.3 Å². The van der Waals surface area contributed by atoms with Crippen LogP contribution in [0.5, 0.6) is 0 Å². The molecule has 1 heterocycles. The number of carbonyl (C=O) groups is 1. The molecular weight excluding hydrogens is 356 g/mol. The van der Waals surface area contributed by atoms with Crippen molar-refractivity contribution in [3.8, 4) is 0 Å². The molecule has 1 saturated heterocycles. The van der Waals surface area contributed by atoms with E-state index in [9.17, 15) is 4.79 Å². The fourth-order valence-electron chi connectivity index (χ4n) is 3.65. The molecule has 3 nitrogen and oxygen atoms in total. The van der Waals surface area contributed by atoms with Crippen molar-refractivity contribution in [3.05, 3.63) is 69.7 Å². The van der Waals surface area contributed by atoms with Gasteiger partial charge in [0.15, 0.2) is 0 Å². The van der Waals surface area contributed by atoms with E-state index in [0.717, 1.165) is 37.5 Å². The molecule has 0 bridgehead atoms. The van der Waals surface area contributed by atoms with Crippen LogP contribution in [0.15, 0.2) is 42.5 Å². The van der Waals surface area contributed by atoms with E-state index in [2.05, 4.69) is 61.3 Å². The predicted molar refractivity (Wildman–Crippen MR) is 112 cm³/mol. The van der Waals surface area contributed by atoms with Crippen LogP contribution >= 0.6 is 11.6 Å². The molecule has 2 aromatic rings. The molecule has 0 aliphatic carbocycles. The first kappa shape index (κ1) is 19.9. The number of rotatable bonds is 5. The molecule has 144 valence electrons. The number of aryl methyl sites for hydroxylation is 2. The highest BCUT2D eigenvalue weighted by Gasteiger charge is 2.26. The van der Waals surface area contributed by atoms with E-state index < -0.39 is 0 Å². The minimum atomic E-state index is 0.0453. The van der Waals surface area contributed by atoms with Gasteiger partial charge in [-0.1, -0.05) is 41.9 Å². The SMILES string of the molecule is Cc1ccc(C(C)NC(=O)C2CCN(Cc3ccc(Cl)cc3)CC2)cc1C. The molecule has 27 heavy (non-hydrogen) atoms. The zero-order valence-electron chi connectivity index (χ0n) is 16.5. The molecule has 0 aromatic heterocycles. The van der Waals surface area contributed by atoms with Gasteiger partial charge in [0.2, 0.25) is 5.91 Å². The van der Waals surface area contributed by atoms with Crippen molar-refractivity contribution in [2.45, 2.75) is 46.2 Å². The van der Waals surface area contributed by atoms with Crippen LogP contribution < -0.4 is 5.32 Å². The fourth-order valence-corrected chi connectivity index (χ4v) is 3.78. The summed E-state index contributed by atoms with van der Waals surface area (Å²) in [6, 6.07) is 14.5. The summed E-state index contributed by atoms with van der Waals surface area (Å²) in [6.07, 6.45) is 1.83. The Hall–Kier alpha value is -1.84. The molecule has 1 atom stereocenters. The molecule has 1 aliphatic heterocycles. The summed E-state index contributed by atoms with van der Waals surface area (Å²) in [4.78, 5) is 15.1. The molecule has 0 saturated carbocycles. The second-order valence-corrected chi connectivity index (χ2v) is 8.19. The first-order valence-electron chi connectivity index (χ1n) is 9.76.